The van der Waals surface area contributed by atoms with Gasteiger partial charge in [0.1, 0.15) is 5.75 Å². The average Bonchev–Trinajstić information content (AvgIpc) is 2.48. The molecule has 0 saturated carbocycles. The lowest BCUT2D eigenvalue weighted by Crippen LogP contribution is -2.16. The Morgan fingerprint density at radius 2 is 1.89 bits per heavy atom. The highest BCUT2D eigenvalue weighted by atomic mass is 32.2. The van der Waals surface area contributed by atoms with Crippen molar-refractivity contribution in [2.45, 2.75) is 17.4 Å². The standard InChI is InChI=1S/C16H17NOS/c1-18-15-8-4-3-7-14(15)17-13-10-11-19-16-9-5-2-6-12(13)16/h2-9,13,17H,10-11H2,1H3. The van der Waals surface area contributed by atoms with Crippen molar-refractivity contribution in [1.82, 2.24) is 0 Å². The largest absolute Gasteiger partial charge is 0.495 e. The Hall–Kier alpha value is -1.61. The predicted octanol–water partition coefficient (Wildman–Crippen LogP) is 4.34. The number of para-hydroxylation sites is 2. The van der Waals surface area contributed by atoms with Crippen LogP contribution in [0.25, 0.3) is 0 Å². The summed E-state index contributed by atoms with van der Waals surface area (Å²) in [6.07, 6.45) is 1.14. The summed E-state index contributed by atoms with van der Waals surface area (Å²) in [6.45, 7) is 0. The van der Waals surface area contributed by atoms with Crippen LogP contribution >= 0.6 is 11.8 Å². The summed E-state index contributed by atoms with van der Waals surface area (Å²) in [7, 11) is 1.71. The molecule has 0 fully saturated rings. The molecule has 1 N–H and O–H groups in total. The van der Waals surface area contributed by atoms with Crippen molar-refractivity contribution < 1.29 is 4.74 Å². The van der Waals surface area contributed by atoms with E-state index in [1.807, 2.05) is 30.0 Å². The molecule has 0 radical (unpaired) electrons. The highest BCUT2D eigenvalue weighted by molar-refractivity contribution is 7.99. The van der Waals surface area contributed by atoms with Gasteiger partial charge in [-0.15, -0.1) is 11.8 Å². The van der Waals surface area contributed by atoms with Crippen molar-refractivity contribution in [2.24, 2.45) is 0 Å². The average molecular weight is 271 g/mol. The van der Waals surface area contributed by atoms with Crippen LogP contribution in [0.4, 0.5) is 5.69 Å². The molecule has 2 nitrogen and oxygen atoms in total. The van der Waals surface area contributed by atoms with Crippen LogP contribution in [0.15, 0.2) is 53.4 Å². The summed E-state index contributed by atoms with van der Waals surface area (Å²) < 4.78 is 5.41. The lowest BCUT2D eigenvalue weighted by molar-refractivity contribution is 0.416. The van der Waals surface area contributed by atoms with E-state index in [0.29, 0.717) is 6.04 Å². The first-order chi connectivity index (χ1) is 9.38. The number of hydrogen-bond donors (Lipinski definition) is 1. The molecule has 1 aliphatic heterocycles. The van der Waals surface area contributed by atoms with Crippen LogP contribution in [0.3, 0.4) is 0 Å². The molecule has 0 saturated heterocycles. The fourth-order valence-electron chi connectivity index (χ4n) is 2.44. The molecular weight excluding hydrogens is 254 g/mol. The van der Waals surface area contributed by atoms with E-state index in [1.165, 1.54) is 10.5 Å². The van der Waals surface area contributed by atoms with Gasteiger partial charge in [0.2, 0.25) is 0 Å². The molecular formula is C16H17NOS. The number of fused-ring (bicyclic) bond motifs is 1. The molecule has 19 heavy (non-hydrogen) atoms. The summed E-state index contributed by atoms with van der Waals surface area (Å²) in [5.41, 5.74) is 2.46. The molecule has 0 aromatic heterocycles. The van der Waals surface area contributed by atoms with E-state index in [2.05, 4.69) is 35.6 Å². The van der Waals surface area contributed by atoms with Gasteiger partial charge in [-0.25, -0.2) is 0 Å². The van der Waals surface area contributed by atoms with E-state index < -0.39 is 0 Å². The van der Waals surface area contributed by atoms with E-state index >= 15 is 0 Å². The zero-order valence-electron chi connectivity index (χ0n) is 10.9. The maximum atomic E-state index is 5.41. The van der Waals surface area contributed by atoms with Gasteiger partial charge in [-0.3, -0.25) is 0 Å². The summed E-state index contributed by atoms with van der Waals surface area (Å²) in [6, 6.07) is 17.1. The molecule has 1 aliphatic rings. The van der Waals surface area contributed by atoms with Crippen molar-refractivity contribution >= 4 is 17.4 Å². The maximum absolute atomic E-state index is 5.41. The zero-order valence-corrected chi connectivity index (χ0v) is 11.7. The number of methoxy groups -OCH3 is 1. The molecule has 1 unspecified atom stereocenters. The summed E-state index contributed by atoms with van der Waals surface area (Å²) in [4.78, 5) is 1.39. The van der Waals surface area contributed by atoms with Gasteiger partial charge in [0.25, 0.3) is 0 Å². The quantitative estimate of drug-likeness (QED) is 0.897. The van der Waals surface area contributed by atoms with Crippen LogP contribution in [0, 0.1) is 0 Å². The lowest BCUT2D eigenvalue weighted by Gasteiger charge is -2.27. The normalized spacial score (nSPS) is 17.6. The Bertz CT molecular complexity index is 570. The van der Waals surface area contributed by atoms with Crippen molar-refractivity contribution in [3.8, 4) is 5.75 Å². The van der Waals surface area contributed by atoms with Gasteiger partial charge in [0, 0.05) is 10.6 Å². The molecule has 2 aromatic carbocycles. The number of anilines is 1. The molecule has 3 rings (SSSR count). The van der Waals surface area contributed by atoms with Crippen LogP contribution in [0.2, 0.25) is 0 Å². The third-order valence-electron chi connectivity index (χ3n) is 3.40. The van der Waals surface area contributed by atoms with Gasteiger partial charge in [0.05, 0.1) is 18.8 Å². The first-order valence-electron chi connectivity index (χ1n) is 6.50. The maximum Gasteiger partial charge on any atom is 0.141 e. The zero-order chi connectivity index (χ0) is 13.1. The second-order valence-corrected chi connectivity index (χ2v) is 5.71. The Morgan fingerprint density at radius 3 is 2.79 bits per heavy atom. The van der Waals surface area contributed by atoms with E-state index in [4.69, 9.17) is 4.74 Å². The molecule has 2 aromatic rings. The summed E-state index contributed by atoms with van der Waals surface area (Å²) >= 11 is 1.94. The second kappa shape index (κ2) is 5.57. The summed E-state index contributed by atoms with van der Waals surface area (Å²) in [5.74, 6) is 2.06. The van der Waals surface area contributed by atoms with Crippen molar-refractivity contribution in [3.63, 3.8) is 0 Å². The molecule has 98 valence electrons. The number of ether oxygens (including phenoxy) is 1. The van der Waals surface area contributed by atoms with Crippen LogP contribution in [-0.2, 0) is 0 Å². The fourth-order valence-corrected chi connectivity index (χ4v) is 3.57. The van der Waals surface area contributed by atoms with Gasteiger partial charge < -0.3 is 10.1 Å². The molecule has 0 aliphatic carbocycles. The highest BCUT2D eigenvalue weighted by Crippen LogP contribution is 2.39. The first kappa shape index (κ1) is 12.4. The van der Waals surface area contributed by atoms with Crippen LogP contribution in [0.5, 0.6) is 5.75 Å². The molecule has 1 atom stereocenters. The van der Waals surface area contributed by atoms with Crippen LogP contribution in [0.1, 0.15) is 18.0 Å². The molecule has 0 bridgehead atoms. The Morgan fingerprint density at radius 1 is 1.11 bits per heavy atom. The predicted molar refractivity (Wildman–Crippen MR) is 81.1 cm³/mol. The minimum absolute atomic E-state index is 0.369. The highest BCUT2D eigenvalue weighted by Gasteiger charge is 2.20. The minimum Gasteiger partial charge on any atom is -0.495 e. The molecule has 3 heteroatoms. The number of nitrogens with one attached hydrogen (secondary N) is 1. The van der Waals surface area contributed by atoms with E-state index in [9.17, 15) is 0 Å². The van der Waals surface area contributed by atoms with Crippen molar-refractivity contribution in [2.75, 3.05) is 18.2 Å². The monoisotopic (exact) mass is 271 g/mol. The van der Waals surface area contributed by atoms with E-state index in [0.717, 1.165) is 23.6 Å². The van der Waals surface area contributed by atoms with Crippen molar-refractivity contribution in [1.29, 1.82) is 0 Å². The SMILES string of the molecule is COc1ccccc1NC1CCSc2ccccc21. The smallest absolute Gasteiger partial charge is 0.141 e. The topological polar surface area (TPSA) is 21.3 Å². The molecule has 0 spiro atoms. The minimum atomic E-state index is 0.369. The van der Waals surface area contributed by atoms with Gasteiger partial charge in [0.15, 0.2) is 0 Å². The summed E-state index contributed by atoms with van der Waals surface area (Å²) in [5, 5.41) is 3.62. The van der Waals surface area contributed by atoms with E-state index in [-0.39, 0.29) is 0 Å². The lowest BCUT2D eigenvalue weighted by atomic mass is 10.0. The fraction of sp³-hybridized carbons (Fsp3) is 0.250. The third kappa shape index (κ3) is 2.56. The van der Waals surface area contributed by atoms with Crippen LogP contribution in [-0.4, -0.2) is 12.9 Å². The second-order valence-electron chi connectivity index (χ2n) is 4.57. The van der Waals surface area contributed by atoms with Gasteiger partial charge in [-0.05, 0) is 30.2 Å². The number of rotatable bonds is 3. The Labute approximate surface area is 118 Å². The Balaban J connectivity index is 1.88. The number of benzene rings is 2. The van der Waals surface area contributed by atoms with Crippen LogP contribution < -0.4 is 10.1 Å². The van der Waals surface area contributed by atoms with Crippen molar-refractivity contribution in [3.05, 3.63) is 54.1 Å². The molecule has 1 heterocycles. The van der Waals surface area contributed by atoms with Gasteiger partial charge in [-0.2, -0.15) is 0 Å². The van der Waals surface area contributed by atoms with E-state index in [1.54, 1.807) is 7.11 Å². The third-order valence-corrected chi connectivity index (χ3v) is 4.52. The van der Waals surface area contributed by atoms with Gasteiger partial charge >= 0.3 is 0 Å². The first-order valence-corrected chi connectivity index (χ1v) is 7.48. The molecule has 0 amide bonds. The Kier molecular flexibility index (Phi) is 3.65. The number of hydrogen-bond acceptors (Lipinski definition) is 3. The number of thioether (sulfide) groups is 1. The van der Waals surface area contributed by atoms with Gasteiger partial charge in [-0.1, -0.05) is 30.3 Å².